The number of anilines is 1. The van der Waals surface area contributed by atoms with Gasteiger partial charge in [-0.15, -0.1) is 0 Å². The molecule has 1 aliphatic rings. The summed E-state index contributed by atoms with van der Waals surface area (Å²) in [6.07, 6.45) is 0.700. The van der Waals surface area contributed by atoms with Crippen molar-refractivity contribution in [3.8, 4) is 0 Å². The van der Waals surface area contributed by atoms with E-state index in [4.69, 9.17) is 11.6 Å². The Morgan fingerprint density at radius 3 is 2.71 bits per heavy atom. The smallest absolute Gasteiger partial charge is 0.241 e. The second kappa shape index (κ2) is 5.88. The second-order valence-electron chi connectivity index (χ2n) is 5.33. The highest BCUT2D eigenvalue weighted by Crippen LogP contribution is 2.26. The predicted molar refractivity (Wildman–Crippen MR) is 85.6 cm³/mol. The van der Waals surface area contributed by atoms with Crippen molar-refractivity contribution in [1.29, 1.82) is 0 Å². The molecule has 3 rings (SSSR count). The first-order valence-corrected chi connectivity index (χ1v) is 7.39. The third-order valence-electron chi connectivity index (χ3n) is 3.87. The number of nitrogens with one attached hydrogen (secondary N) is 2. The minimum absolute atomic E-state index is 0.0410. The molecule has 0 aromatic heterocycles. The average molecular weight is 301 g/mol. The van der Waals surface area contributed by atoms with Crippen LogP contribution < -0.4 is 10.6 Å². The zero-order valence-corrected chi connectivity index (χ0v) is 12.6. The van der Waals surface area contributed by atoms with Crippen molar-refractivity contribution in [1.82, 2.24) is 5.32 Å². The predicted octanol–water partition coefficient (Wildman–Crippen LogP) is 3.30. The molecule has 2 aromatic carbocycles. The van der Waals surface area contributed by atoms with Gasteiger partial charge >= 0.3 is 0 Å². The highest BCUT2D eigenvalue weighted by molar-refractivity contribution is 6.34. The van der Waals surface area contributed by atoms with Gasteiger partial charge < -0.3 is 10.6 Å². The normalized spacial score (nSPS) is 17.1. The van der Waals surface area contributed by atoms with E-state index in [1.165, 1.54) is 11.1 Å². The molecule has 108 valence electrons. The van der Waals surface area contributed by atoms with Gasteiger partial charge in [-0.1, -0.05) is 48.0 Å². The van der Waals surface area contributed by atoms with Gasteiger partial charge in [-0.05, 0) is 36.1 Å². The second-order valence-corrected chi connectivity index (χ2v) is 5.73. The first kappa shape index (κ1) is 14.1. The number of hydrogen-bond donors (Lipinski definition) is 2. The number of carbonyl (C=O) groups excluding carboxylic acids is 1. The Bertz CT molecular complexity index is 664. The Labute approximate surface area is 129 Å². The molecule has 0 spiro atoms. The van der Waals surface area contributed by atoms with Gasteiger partial charge in [0.1, 0.15) is 0 Å². The van der Waals surface area contributed by atoms with Gasteiger partial charge in [0.2, 0.25) is 5.91 Å². The standard InChI is InChI=1S/C17H17ClN2O/c1-11-5-4-8-14(18)16(11)20-17(21)15-9-12-6-2-3-7-13(12)10-19-15/h2-8,15,19H,9-10H2,1H3,(H,20,21)/t15-/m0/s1. The van der Waals surface area contributed by atoms with E-state index in [0.717, 1.165) is 12.1 Å². The van der Waals surface area contributed by atoms with Crippen molar-refractivity contribution in [2.75, 3.05) is 5.32 Å². The number of amides is 1. The van der Waals surface area contributed by atoms with Crippen LogP contribution in [0.4, 0.5) is 5.69 Å². The lowest BCUT2D eigenvalue weighted by Gasteiger charge is -2.25. The maximum Gasteiger partial charge on any atom is 0.241 e. The summed E-state index contributed by atoms with van der Waals surface area (Å²) >= 11 is 6.16. The molecule has 0 aliphatic carbocycles. The molecule has 0 saturated heterocycles. The number of hydrogen-bond acceptors (Lipinski definition) is 2. The summed E-state index contributed by atoms with van der Waals surface area (Å²) < 4.78 is 0. The van der Waals surface area contributed by atoms with E-state index >= 15 is 0 Å². The van der Waals surface area contributed by atoms with Crippen LogP contribution in [0, 0.1) is 6.92 Å². The number of fused-ring (bicyclic) bond motifs is 1. The van der Waals surface area contributed by atoms with Gasteiger partial charge in [-0.3, -0.25) is 4.79 Å². The maximum atomic E-state index is 12.4. The SMILES string of the molecule is Cc1cccc(Cl)c1NC(=O)[C@@H]1Cc2ccccc2CN1. The Hall–Kier alpha value is -1.84. The molecule has 0 radical (unpaired) electrons. The van der Waals surface area contributed by atoms with Gasteiger partial charge in [0.15, 0.2) is 0 Å². The van der Waals surface area contributed by atoms with Gasteiger partial charge in [0.25, 0.3) is 0 Å². The monoisotopic (exact) mass is 300 g/mol. The summed E-state index contributed by atoms with van der Waals surface area (Å²) in [6.45, 7) is 2.65. The zero-order valence-electron chi connectivity index (χ0n) is 11.8. The van der Waals surface area contributed by atoms with Crippen LogP contribution in [0.15, 0.2) is 42.5 Å². The number of carbonyl (C=O) groups is 1. The van der Waals surface area contributed by atoms with Crippen molar-refractivity contribution in [2.24, 2.45) is 0 Å². The van der Waals surface area contributed by atoms with Crippen LogP contribution in [0.2, 0.25) is 5.02 Å². The number of halogens is 1. The molecule has 0 bridgehead atoms. The third-order valence-corrected chi connectivity index (χ3v) is 4.18. The van der Waals surface area contributed by atoms with Crippen LogP contribution in [-0.2, 0) is 17.8 Å². The summed E-state index contributed by atoms with van der Waals surface area (Å²) in [5.74, 6) is -0.0410. The van der Waals surface area contributed by atoms with Crippen LogP contribution in [0.5, 0.6) is 0 Å². The number of aryl methyl sites for hydroxylation is 1. The lowest BCUT2D eigenvalue weighted by atomic mass is 9.95. The fourth-order valence-electron chi connectivity index (χ4n) is 2.64. The van der Waals surface area contributed by atoms with E-state index in [9.17, 15) is 4.79 Å². The van der Waals surface area contributed by atoms with Crippen molar-refractivity contribution in [3.05, 3.63) is 64.2 Å². The molecule has 2 N–H and O–H groups in total. The minimum Gasteiger partial charge on any atom is -0.323 e. The topological polar surface area (TPSA) is 41.1 Å². The van der Waals surface area contributed by atoms with Crippen LogP contribution in [0.3, 0.4) is 0 Å². The van der Waals surface area contributed by atoms with Gasteiger partial charge in [0.05, 0.1) is 16.8 Å². The molecular formula is C17H17ClN2O. The molecule has 4 heteroatoms. The van der Waals surface area contributed by atoms with Crippen LogP contribution in [-0.4, -0.2) is 11.9 Å². The van der Waals surface area contributed by atoms with Gasteiger partial charge in [-0.25, -0.2) is 0 Å². The quantitative estimate of drug-likeness (QED) is 0.893. The van der Waals surface area contributed by atoms with Crippen molar-refractivity contribution in [2.45, 2.75) is 25.9 Å². The van der Waals surface area contributed by atoms with Crippen LogP contribution >= 0.6 is 11.6 Å². The van der Waals surface area contributed by atoms with Gasteiger partial charge in [0, 0.05) is 6.54 Å². The molecular weight excluding hydrogens is 284 g/mol. The molecule has 3 nitrogen and oxygen atoms in total. The van der Waals surface area contributed by atoms with E-state index in [1.807, 2.05) is 31.2 Å². The lowest BCUT2D eigenvalue weighted by molar-refractivity contribution is -0.118. The number of rotatable bonds is 2. The van der Waals surface area contributed by atoms with Crippen molar-refractivity contribution in [3.63, 3.8) is 0 Å². The van der Waals surface area contributed by atoms with E-state index in [-0.39, 0.29) is 11.9 Å². The summed E-state index contributed by atoms with van der Waals surface area (Å²) in [5, 5.41) is 6.79. The Kier molecular flexibility index (Phi) is 3.95. The Morgan fingerprint density at radius 2 is 1.95 bits per heavy atom. The largest absolute Gasteiger partial charge is 0.323 e. The van der Waals surface area contributed by atoms with E-state index < -0.39 is 0 Å². The molecule has 0 fully saturated rings. The Balaban J connectivity index is 1.76. The summed E-state index contributed by atoms with van der Waals surface area (Å²) in [5.41, 5.74) is 4.15. The number of para-hydroxylation sites is 1. The highest BCUT2D eigenvalue weighted by atomic mass is 35.5. The molecule has 1 amide bonds. The molecule has 1 atom stereocenters. The van der Waals surface area contributed by atoms with E-state index in [0.29, 0.717) is 17.1 Å². The van der Waals surface area contributed by atoms with Crippen LogP contribution in [0.25, 0.3) is 0 Å². The molecule has 1 heterocycles. The van der Waals surface area contributed by atoms with Crippen molar-refractivity contribution >= 4 is 23.2 Å². The number of benzene rings is 2. The first-order valence-electron chi connectivity index (χ1n) is 7.01. The minimum atomic E-state index is -0.226. The summed E-state index contributed by atoms with van der Waals surface area (Å²) in [6, 6.07) is 13.6. The summed E-state index contributed by atoms with van der Waals surface area (Å²) in [7, 11) is 0. The van der Waals surface area contributed by atoms with Crippen molar-refractivity contribution < 1.29 is 4.79 Å². The molecule has 0 unspecified atom stereocenters. The first-order chi connectivity index (χ1) is 10.1. The average Bonchev–Trinajstić information content (AvgIpc) is 2.50. The molecule has 1 aliphatic heterocycles. The van der Waals surface area contributed by atoms with Gasteiger partial charge in [-0.2, -0.15) is 0 Å². The molecule has 21 heavy (non-hydrogen) atoms. The van der Waals surface area contributed by atoms with E-state index in [1.54, 1.807) is 6.07 Å². The molecule has 0 saturated carbocycles. The Morgan fingerprint density at radius 1 is 1.19 bits per heavy atom. The third kappa shape index (κ3) is 2.94. The molecule has 2 aromatic rings. The van der Waals surface area contributed by atoms with Crippen LogP contribution in [0.1, 0.15) is 16.7 Å². The van der Waals surface area contributed by atoms with E-state index in [2.05, 4.69) is 22.8 Å². The fourth-order valence-corrected chi connectivity index (χ4v) is 2.91. The fraction of sp³-hybridized carbons (Fsp3) is 0.235. The highest BCUT2D eigenvalue weighted by Gasteiger charge is 2.24. The maximum absolute atomic E-state index is 12.4. The zero-order chi connectivity index (χ0) is 14.8. The lowest BCUT2D eigenvalue weighted by Crippen LogP contribution is -2.44. The summed E-state index contributed by atoms with van der Waals surface area (Å²) in [4.78, 5) is 12.4.